The largest absolute Gasteiger partial charge is 0.250 e. The number of benzene rings is 3. The van der Waals surface area contributed by atoms with Gasteiger partial charge in [0, 0.05) is 5.56 Å². The molecule has 1 heterocycles. The van der Waals surface area contributed by atoms with E-state index in [1.807, 2.05) is 30.3 Å². The summed E-state index contributed by atoms with van der Waals surface area (Å²) in [7, 11) is 0. The van der Waals surface area contributed by atoms with Gasteiger partial charge in [-0.05, 0) is 39.9 Å². The van der Waals surface area contributed by atoms with Crippen molar-refractivity contribution in [2.75, 3.05) is 0 Å². The van der Waals surface area contributed by atoms with Crippen molar-refractivity contribution in [2.45, 2.75) is 26.2 Å². The zero-order valence-corrected chi connectivity index (χ0v) is 18.1. The molecule has 0 unspecified atom stereocenters. The van der Waals surface area contributed by atoms with E-state index < -0.39 is 0 Å². The number of hydrogen-bond donors (Lipinski definition) is 1. The fourth-order valence-corrected chi connectivity index (χ4v) is 3.40. The third-order valence-electron chi connectivity index (χ3n) is 5.00. The van der Waals surface area contributed by atoms with Crippen molar-refractivity contribution in [2.24, 2.45) is 5.10 Å². The van der Waals surface area contributed by atoms with E-state index in [4.69, 9.17) is 12.2 Å². The second kappa shape index (κ2) is 8.20. The minimum absolute atomic E-state index is 0.104. The molecule has 0 aliphatic carbocycles. The Labute approximate surface area is 181 Å². The molecule has 4 rings (SSSR count). The topological polar surface area (TPSA) is 46.0 Å². The molecule has 5 heteroatoms. The SMILES string of the molecule is CC(C)(C)c1ccc(-c2n[nH]c(=S)n2/N=C/c2ccc(-c3ccccc3)cc2)cc1. The van der Waals surface area contributed by atoms with E-state index in [2.05, 4.69) is 84.6 Å². The lowest BCUT2D eigenvalue weighted by atomic mass is 9.87. The third-order valence-corrected chi connectivity index (χ3v) is 5.26. The summed E-state index contributed by atoms with van der Waals surface area (Å²) in [6.07, 6.45) is 1.80. The minimum atomic E-state index is 0.104. The summed E-state index contributed by atoms with van der Waals surface area (Å²) in [4.78, 5) is 0. The molecule has 0 aliphatic heterocycles. The Balaban J connectivity index is 1.59. The highest BCUT2D eigenvalue weighted by Gasteiger charge is 2.14. The number of aromatic nitrogens is 3. The molecule has 0 radical (unpaired) electrons. The third kappa shape index (κ3) is 4.31. The van der Waals surface area contributed by atoms with Crippen molar-refractivity contribution in [1.29, 1.82) is 0 Å². The second-order valence-corrected chi connectivity index (χ2v) is 8.61. The van der Waals surface area contributed by atoms with Gasteiger partial charge in [-0.2, -0.15) is 14.9 Å². The maximum Gasteiger partial charge on any atom is 0.216 e. The lowest BCUT2D eigenvalue weighted by Crippen LogP contribution is -2.10. The molecule has 3 aromatic carbocycles. The molecule has 0 amide bonds. The Hall–Kier alpha value is -3.31. The van der Waals surface area contributed by atoms with Crippen LogP contribution in [0.25, 0.3) is 22.5 Å². The molecule has 1 aromatic heterocycles. The van der Waals surface area contributed by atoms with Gasteiger partial charge >= 0.3 is 0 Å². The van der Waals surface area contributed by atoms with E-state index in [0.29, 0.717) is 10.6 Å². The predicted molar refractivity (Wildman–Crippen MR) is 126 cm³/mol. The van der Waals surface area contributed by atoms with Gasteiger partial charge in [-0.15, -0.1) is 0 Å². The Kier molecular flexibility index (Phi) is 5.46. The smallest absolute Gasteiger partial charge is 0.216 e. The highest BCUT2D eigenvalue weighted by atomic mass is 32.1. The van der Waals surface area contributed by atoms with Crippen molar-refractivity contribution < 1.29 is 0 Å². The van der Waals surface area contributed by atoms with Crippen LogP contribution in [0, 0.1) is 4.77 Å². The van der Waals surface area contributed by atoms with Crippen LogP contribution in [-0.4, -0.2) is 21.1 Å². The Morgan fingerprint density at radius 2 is 1.43 bits per heavy atom. The van der Waals surface area contributed by atoms with Crippen molar-refractivity contribution >= 4 is 18.4 Å². The summed E-state index contributed by atoms with van der Waals surface area (Å²) in [5.74, 6) is 0.692. The maximum absolute atomic E-state index is 5.39. The molecule has 0 aliphatic rings. The number of rotatable bonds is 4. The van der Waals surface area contributed by atoms with Gasteiger partial charge in [0.05, 0.1) is 6.21 Å². The number of nitrogens with zero attached hydrogens (tertiary/aromatic N) is 3. The van der Waals surface area contributed by atoms with Gasteiger partial charge in [-0.3, -0.25) is 0 Å². The molecule has 0 atom stereocenters. The molecule has 0 fully saturated rings. The first-order chi connectivity index (χ1) is 14.4. The quantitative estimate of drug-likeness (QED) is 0.309. The highest BCUT2D eigenvalue weighted by Crippen LogP contribution is 2.25. The van der Waals surface area contributed by atoms with Crippen molar-refractivity contribution in [3.8, 4) is 22.5 Å². The predicted octanol–water partition coefficient (Wildman–Crippen LogP) is 6.45. The van der Waals surface area contributed by atoms with Crippen LogP contribution in [0.1, 0.15) is 31.9 Å². The first kappa shape index (κ1) is 20.0. The summed E-state index contributed by atoms with van der Waals surface area (Å²) in [5.41, 5.74) is 5.70. The standard InChI is InChI=1S/C25H24N4S/c1-25(2,3)22-15-13-21(14-16-22)23-27-28-24(30)29(23)26-17-18-9-11-20(12-10-18)19-7-5-4-6-8-19/h4-17H,1-3H3,(H,28,30)/b26-17+. The van der Waals surface area contributed by atoms with Gasteiger partial charge in [0.2, 0.25) is 4.77 Å². The van der Waals surface area contributed by atoms with E-state index in [9.17, 15) is 0 Å². The van der Waals surface area contributed by atoms with Gasteiger partial charge < -0.3 is 0 Å². The van der Waals surface area contributed by atoms with Gasteiger partial charge in [0.1, 0.15) is 0 Å². The summed E-state index contributed by atoms with van der Waals surface area (Å²) in [6, 6.07) is 27.0. The fraction of sp³-hybridized carbons (Fsp3) is 0.160. The van der Waals surface area contributed by atoms with Crippen molar-refractivity contribution in [1.82, 2.24) is 14.9 Å². The molecule has 0 bridgehead atoms. The summed E-state index contributed by atoms with van der Waals surface area (Å²) in [6.45, 7) is 6.60. The van der Waals surface area contributed by atoms with Crippen LogP contribution in [0.4, 0.5) is 0 Å². The summed E-state index contributed by atoms with van der Waals surface area (Å²) >= 11 is 5.39. The van der Waals surface area contributed by atoms with Gasteiger partial charge in [0.15, 0.2) is 5.82 Å². The van der Waals surface area contributed by atoms with Crippen molar-refractivity contribution in [3.63, 3.8) is 0 Å². The zero-order valence-electron chi connectivity index (χ0n) is 17.3. The van der Waals surface area contributed by atoms with Crippen LogP contribution in [0.5, 0.6) is 0 Å². The number of aromatic amines is 1. The average molecular weight is 413 g/mol. The number of H-pyrrole nitrogens is 1. The highest BCUT2D eigenvalue weighted by molar-refractivity contribution is 7.71. The Morgan fingerprint density at radius 3 is 2.07 bits per heavy atom. The molecule has 0 saturated heterocycles. The van der Waals surface area contributed by atoms with Crippen LogP contribution in [0.15, 0.2) is 84.0 Å². The lowest BCUT2D eigenvalue weighted by molar-refractivity contribution is 0.590. The normalized spacial score (nSPS) is 11.8. The van der Waals surface area contributed by atoms with Crippen LogP contribution in [0.2, 0.25) is 0 Å². The van der Waals surface area contributed by atoms with Crippen LogP contribution < -0.4 is 0 Å². The monoisotopic (exact) mass is 412 g/mol. The lowest BCUT2D eigenvalue weighted by Gasteiger charge is -2.18. The molecule has 1 N–H and O–H groups in total. The summed E-state index contributed by atoms with van der Waals surface area (Å²) in [5, 5.41) is 11.8. The van der Waals surface area contributed by atoms with E-state index in [0.717, 1.165) is 11.1 Å². The van der Waals surface area contributed by atoms with E-state index in [1.165, 1.54) is 16.7 Å². The molecule has 0 spiro atoms. The molecule has 30 heavy (non-hydrogen) atoms. The van der Waals surface area contributed by atoms with Gasteiger partial charge in [0.25, 0.3) is 0 Å². The number of nitrogens with one attached hydrogen (secondary N) is 1. The van der Waals surface area contributed by atoms with E-state index in [1.54, 1.807) is 10.9 Å². The maximum atomic E-state index is 5.39. The van der Waals surface area contributed by atoms with Gasteiger partial charge in [-0.1, -0.05) is 99.6 Å². The fourth-order valence-electron chi connectivity index (χ4n) is 3.22. The van der Waals surface area contributed by atoms with Crippen LogP contribution >= 0.6 is 12.2 Å². The second-order valence-electron chi connectivity index (χ2n) is 8.22. The van der Waals surface area contributed by atoms with Crippen molar-refractivity contribution in [3.05, 3.63) is 94.8 Å². The molecule has 150 valence electrons. The van der Waals surface area contributed by atoms with E-state index in [-0.39, 0.29) is 5.41 Å². The Morgan fingerprint density at radius 1 is 0.833 bits per heavy atom. The van der Waals surface area contributed by atoms with Crippen LogP contribution in [0.3, 0.4) is 0 Å². The number of hydrogen-bond acceptors (Lipinski definition) is 3. The zero-order chi connectivity index (χ0) is 21.1. The first-order valence-electron chi connectivity index (χ1n) is 9.90. The van der Waals surface area contributed by atoms with Gasteiger partial charge in [-0.25, -0.2) is 5.10 Å². The molecular weight excluding hydrogens is 388 g/mol. The minimum Gasteiger partial charge on any atom is -0.250 e. The molecule has 0 saturated carbocycles. The Bertz CT molecular complexity index is 1210. The van der Waals surface area contributed by atoms with Crippen LogP contribution in [-0.2, 0) is 5.41 Å². The summed E-state index contributed by atoms with van der Waals surface area (Å²) < 4.78 is 2.12. The molecule has 4 nitrogen and oxygen atoms in total. The van der Waals surface area contributed by atoms with E-state index >= 15 is 0 Å². The molecular formula is C25H24N4S. The molecule has 4 aromatic rings. The average Bonchev–Trinajstić information content (AvgIpc) is 3.13. The first-order valence-corrected chi connectivity index (χ1v) is 10.3.